The summed E-state index contributed by atoms with van der Waals surface area (Å²) in [6.07, 6.45) is 0.0559. The fraction of sp³-hybridized carbons (Fsp3) is 0.241. The summed E-state index contributed by atoms with van der Waals surface area (Å²) in [5.41, 5.74) is 0.766. The Labute approximate surface area is 222 Å². The van der Waals surface area contributed by atoms with Gasteiger partial charge < -0.3 is 4.74 Å². The van der Waals surface area contributed by atoms with Gasteiger partial charge in [-0.15, -0.1) is 0 Å². The van der Waals surface area contributed by atoms with E-state index in [0.29, 0.717) is 21.5 Å². The van der Waals surface area contributed by atoms with Crippen LogP contribution in [0.2, 0.25) is 5.02 Å². The Morgan fingerprint density at radius 1 is 1.05 bits per heavy atom. The van der Waals surface area contributed by atoms with Crippen molar-refractivity contribution < 1.29 is 23.1 Å². The molecule has 2 heterocycles. The molecule has 0 radical (unpaired) electrons. The first kappa shape index (κ1) is 25.7. The van der Waals surface area contributed by atoms with E-state index in [2.05, 4.69) is 4.98 Å². The second kappa shape index (κ2) is 9.75. The van der Waals surface area contributed by atoms with E-state index < -0.39 is 30.5 Å². The summed E-state index contributed by atoms with van der Waals surface area (Å²) in [5, 5.41) is 12.8. The molecule has 9 heteroatoms. The summed E-state index contributed by atoms with van der Waals surface area (Å²) in [7, 11) is 1.11. The molecule has 0 spiro atoms. The SMILES string of the molecule is CO[C@@]1(C#N)CC(F)(F)CN1C(=O)CCC(=O)c1ccnc2ccc(-c3ccc4cc(Cl)ccc4c3)cc12. The van der Waals surface area contributed by atoms with Crippen LogP contribution in [-0.4, -0.2) is 46.9 Å². The van der Waals surface area contributed by atoms with Crippen molar-refractivity contribution in [3.8, 4) is 17.2 Å². The molecule has 192 valence electrons. The summed E-state index contributed by atoms with van der Waals surface area (Å²) in [4.78, 5) is 31.1. The number of likely N-dealkylation sites (tertiary alicyclic amines) is 1. The molecule has 0 bridgehead atoms. The van der Waals surface area contributed by atoms with E-state index in [4.69, 9.17) is 16.3 Å². The Morgan fingerprint density at radius 3 is 2.53 bits per heavy atom. The first-order valence-electron chi connectivity index (χ1n) is 11.9. The van der Waals surface area contributed by atoms with Crippen LogP contribution in [0.5, 0.6) is 0 Å². The highest BCUT2D eigenvalue weighted by molar-refractivity contribution is 6.31. The number of methoxy groups -OCH3 is 1. The van der Waals surface area contributed by atoms with Crippen LogP contribution in [0, 0.1) is 11.3 Å². The van der Waals surface area contributed by atoms with Crippen LogP contribution in [0.15, 0.2) is 66.9 Å². The van der Waals surface area contributed by atoms with Gasteiger partial charge in [-0.1, -0.05) is 35.9 Å². The van der Waals surface area contributed by atoms with Crippen molar-refractivity contribution in [3.05, 3.63) is 77.4 Å². The van der Waals surface area contributed by atoms with Crippen LogP contribution in [0.1, 0.15) is 29.6 Å². The molecule has 1 amide bonds. The summed E-state index contributed by atoms with van der Waals surface area (Å²) in [5.74, 6) is -4.32. The van der Waals surface area contributed by atoms with Crippen molar-refractivity contribution in [2.24, 2.45) is 0 Å². The molecule has 5 rings (SSSR count). The maximum absolute atomic E-state index is 14.0. The highest BCUT2D eigenvalue weighted by Crippen LogP contribution is 2.40. The van der Waals surface area contributed by atoms with E-state index in [-0.39, 0.29) is 18.6 Å². The number of halogens is 3. The minimum Gasteiger partial charge on any atom is -0.346 e. The Bertz CT molecular complexity index is 1640. The van der Waals surface area contributed by atoms with E-state index in [1.807, 2.05) is 54.6 Å². The number of ether oxygens (including phenoxy) is 1. The normalized spacial score (nSPS) is 18.6. The number of rotatable bonds is 6. The van der Waals surface area contributed by atoms with Gasteiger partial charge in [-0.2, -0.15) is 5.26 Å². The second-order valence-electron chi connectivity index (χ2n) is 9.33. The lowest BCUT2D eigenvalue weighted by molar-refractivity contribution is -0.148. The molecule has 1 fully saturated rings. The predicted molar refractivity (Wildman–Crippen MR) is 140 cm³/mol. The van der Waals surface area contributed by atoms with Gasteiger partial charge in [-0.05, 0) is 58.3 Å². The summed E-state index contributed by atoms with van der Waals surface area (Å²) in [6.45, 7) is -0.930. The third kappa shape index (κ3) is 4.71. The zero-order chi connectivity index (χ0) is 27.1. The van der Waals surface area contributed by atoms with Crippen molar-refractivity contribution in [1.29, 1.82) is 5.26 Å². The largest absolute Gasteiger partial charge is 0.346 e. The van der Waals surface area contributed by atoms with Crippen molar-refractivity contribution >= 4 is 45.0 Å². The van der Waals surface area contributed by atoms with Crippen LogP contribution >= 0.6 is 11.6 Å². The topological polar surface area (TPSA) is 83.3 Å². The number of benzene rings is 3. The first-order chi connectivity index (χ1) is 18.1. The third-order valence-corrected chi connectivity index (χ3v) is 7.12. The molecular weight excluding hydrogens is 512 g/mol. The maximum atomic E-state index is 14.0. The zero-order valence-corrected chi connectivity index (χ0v) is 21.1. The molecule has 0 aliphatic carbocycles. The summed E-state index contributed by atoms with van der Waals surface area (Å²) in [6, 6.07) is 20.5. The second-order valence-corrected chi connectivity index (χ2v) is 9.77. The Kier molecular flexibility index (Phi) is 6.59. The number of fused-ring (bicyclic) bond motifs is 2. The molecule has 0 N–H and O–H groups in total. The Hall–Kier alpha value is -3.93. The van der Waals surface area contributed by atoms with E-state index >= 15 is 0 Å². The van der Waals surface area contributed by atoms with Gasteiger partial charge in [0.1, 0.15) is 6.07 Å². The molecule has 1 saturated heterocycles. The average Bonchev–Trinajstić information content (AvgIpc) is 3.21. The van der Waals surface area contributed by atoms with Crippen molar-refractivity contribution in [1.82, 2.24) is 9.88 Å². The van der Waals surface area contributed by atoms with Crippen molar-refractivity contribution in [2.75, 3.05) is 13.7 Å². The van der Waals surface area contributed by atoms with Gasteiger partial charge in [0.15, 0.2) is 5.78 Å². The molecule has 3 aromatic carbocycles. The quantitative estimate of drug-likeness (QED) is 0.268. The standard InChI is InChI=1S/C29H22ClF2N3O3/c1-38-29(16-33)15-28(31,32)17-35(29)27(37)9-8-26(36)23-10-11-34-25-7-5-21(14-24(23)25)18-2-3-20-13-22(30)6-4-19(20)12-18/h2-7,10-14H,8-9,15,17H2,1H3/t29-/m1/s1. The van der Waals surface area contributed by atoms with Crippen LogP contribution < -0.4 is 0 Å². The number of nitrogens with zero attached hydrogens (tertiary/aromatic N) is 3. The molecule has 4 aromatic rings. The molecule has 0 unspecified atom stereocenters. The summed E-state index contributed by atoms with van der Waals surface area (Å²) < 4.78 is 33.1. The number of alkyl halides is 2. The lowest BCUT2D eigenvalue weighted by Gasteiger charge is -2.29. The van der Waals surface area contributed by atoms with Crippen LogP contribution in [-0.2, 0) is 9.53 Å². The van der Waals surface area contributed by atoms with E-state index in [1.54, 1.807) is 12.1 Å². The highest BCUT2D eigenvalue weighted by Gasteiger charge is 2.57. The number of amides is 1. The molecule has 1 aliphatic rings. The lowest BCUT2D eigenvalue weighted by atomic mass is 9.96. The molecule has 1 aliphatic heterocycles. The fourth-order valence-electron chi connectivity index (χ4n) is 4.93. The molecule has 1 atom stereocenters. The average molecular weight is 534 g/mol. The Balaban J connectivity index is 1.40. The molecular formula is C29H22ClF2N3O3. The van der Waals surface area contributed by atoms with Gasteiger partial charge in [-0.25, -0.2) is 8.78 Å². The molecule has 1 aromatic heterocycles. The van der Waals surface area contributed by atoms with Crippen molar-refractivity contribution in [3.63, 3.8) is 0 Å². The first-order valence-corrected chi connectivity index (χ1v) is 12.3. The van der Waals surface area contributed by atoms with Crippen LogP contribution in [0.4, 0.5) is 8.78 Å². The fourth-order valence-corrected chi connectivity index (χ4v) is 5.11. The number of ketones is 1. The predicted octanol–water partition coefficient (Wildman–Crippen LogP) is 6.41. The van der Waals surface area contributed by atoms with Gasteiger partial charge >= 0.3 is 0 Å². The molecule has 6 nitrogen and oxygen atoms in total. The van der Waals surface area contributed by atoms with Crippen molar-refractivity contribution in [2.45, 2.75) is 30.9 Å². The van der Waals surface area contributed by atoms with Crippen LogP contribution in [0.3, 0.4) is 0 Å². The zero-order valence-electron chi connectivity index (χ0n) is 20.4. The lowest BCUT2D eigenvalue weighted by Crippen LogP contribution is -2.47. The van der Waals surface area contributed by atoms with Gasteiger partial charge in [0.25, 0.3) is 5.92 Å². The number of pyridine rings is 1. The Morgan fingerprint density at radius 2 is 1.76 bits per heavy atom. The van der Waals surface area contributed by atoms with E-state index in [1.165, 1.54) is 6.20 Å². The van der Waals surface area contributed by atoms with Gasteiger partial charge in [0.05, 0.1) is 18.5 Å². The monoisotopic (exact) mass is 533 g/mol. The minimum absolute atomic E-state index is 0.216. The smallest absolute Gasteiger partial charge is 0.271 e. The number of carbonyl (C=O) groups is 2. The van der Waals surface area contributed by atoms with E-state index in [9.17, 15) is 23.6 Å². The number of hydrogen-bond donors (Lipinski definition) is 0. The molecule has 0 saturated carbocycles. The van der Waals surface area contributed by atoms with Gasteiger partial charge in [0.2, 0.25) is 11.6 Å². The number of Topliss-reactive ketones (excluding diaryl/α,β-unsaturated/α-hetero) is 1. The van der Waals surface area contributed by atoms with Gasteiger partial charge in [-0.3, -0.25) is 19.5 Å². The van der Waals surface area contributed by atoms with E-state index in [0.717, 1.165) is 33.9 Å². The maximum Gasteiger partial charge on any atom is 0.271 e. The highest BCUT2D eigenvalue weighted by atomic mass is 35.5. The number of carbonyl (C=O) groups excluding carboxylic acids is 2. The minimum atomic E-state index is -3.25. The summed E-state index contributed by atoms with van der Waals surface area (Å²) >= 11 is 6.09. The van der Waals surface area contributed by atoms with Crippen LogP contribution in [0.25, 0.3) is 32.8 Å². The number of aromatic nitrogens is 1. The molecule has 38 heavy (non-hydrogen) atoms. The van der Waals surface area contributed by atoms with Gasteiger partial charge in [0, 0.05) is 42.1 Å². The number of hydrogen-bond acceptors (Lipinski definition) is 5. The number of nitriles is 1. The third-order valence-electron chi connectivity index (χ3n) is 6.88.